The number of rotatable bonds is 7. The number of hydrogen-bond donors (Lipinski definition) is 1. The summed E-state index contributed by atoms with van der Waals surface area (Å²) in [5.74, 6) is -1.38. The van der Waals surface area contributed by atoms with E-state index in [-0.39, 0.29) is 30.0 Å². The van der Waals surface area contributed by atoms with Gasteiger partial charge in [-0.3, -0.25) is 19.7 Å². The summed E-state index contributed by atoms with van der Waals surface area (Å²) < 4.78 is 13.9. The van der Waals surface area contributed by atoms with Gasteiger partial charge in [-0.05, 0) is 31.5 Å². The van der Waals surface area contributed by atoms with Crippen molar-refractivity contribution in [3.05, 3.63) is 69.5 Å². The first-order chi connectivity index (χ1) is 14.9. The monoisotopic (exact) mass is 428 g/mol. The maximum Gasteiger partial charge on any atom is 0.276 e. The number of carbonyl (C=O) groups is 2. The van der Waals surface area contributed by atoms with Crippen molar-refractivity contribution in [1.82, 2.24) is 10.2 Å². The van der Waals surface area contributed by atoms with Gasteiger partial charge in [-0.1, -0.05) is 18.2 Å². The van der Waals surface area contributed by atoms with Crippen LogP contribution in [0, 0.1) is 22.9 Å². The van der Waals surface area contributed by atoms with Crippen LogP contribution in [0.15, 0.2) is 42.5 Å². The Kier molecular flexibility index (Phi) is 7.17. The van der Waals surface area contributed by atoms with Gasteiger partial charge in [0.1, 0.15) is 5.82 Å². The van der Waals surface area contributed by atoms with Crippen LogP contribution < -0.4 is 10.2 Å². The molecule has 1 fully saturated rings. The van der Waals surface area contributed by atoms with Gasteiger partial charge >= 0.3 is 0 Å². The number of anilines is 1. The fraction of sp³-hybridized carbons (Fsp3) is 0.364. The van der Waals surface area contributed by atoms with E-state index in [0.717, 1.165) is 30.9 Å². The van der Waals surface area contributed by atoms with Crippen molar-refractivity contribution in [1.29, 1.82) is 0 Å². The topological polar surface area (TPSA) is 95.8 Å². The van der Waals surface area contributed by atoms with Gasteiger partial charge in [0.2, 0.25) is 5.91 Å². The fourth-order valence-corrected chi connectivity index (χ4v) is 3.54. The molecule has 0 spiro atoms. The van der Waals surface area contributed by atoms with E-state index in [1.165, 1.54) is 6.92 Å². The minimum absolute atomic E-state index is 0.0268. The molecule has 0 aliphatic carbocycles. The maximum atomic E-state index is 13.9. The number of nitro groups is 1. The van der Waals surface area contributed by atoms with Crippen LogP contribution >= 0.6 is 0 Å². The average molecular weight is 428 g/mol. The Bertz CT molecular complexity index is 959. The molecule has 31 heavy (non-hydrogen) atoms. The largest absolute Gasteiger partial charge is 0.368 e. The van der Waals surface area contributed by atoms with E-state index in [0.29, 0.717) is 19.5 Å². The normalized spacial score (nSPS) is 13.7. The van der Waals surface area contributed by atoms with Crippen LogP contribution in [0.5, 0.6) is 0 Å². The number of piperazine rings is 1. The summed E-state index contributed by atoms with van der Waals surface area (Å²) in [6, 6.07) is 12.1. The molecule has 1 aliphatic rings. The van der Waals surface area contributed by atoms with Crippen LogP contribution in [-0.2, 0) is 4.79 Å². The molecule has 0 saturated carbocycles. The van der Waals surface area contributed by atoms with Gasteiger partial charge in [-0.2, -0.15) is 0 Å². The molecule has 0 aromatic heterocycles. The predicted octanol–water partition coefficient (Wildman–Crippen LogP) is 2.90. The summed E-state index contributed by atoms with van der Waals surface area (Å²) in [5, 5.41) is 13.6. The molecule has 1 N–H and O–H groups in total. The number of para-hydroxylation sites is 1. The standard InChI is InChI=1S/C22H25FN4O4/c1-16-19(23)14-17(15-20(16)27(30)31)22(29)24-9-5-8-21(28)26-12-10-25(11-13-26)18-6-3-2-4-7-18/h2-4,6-7,14-15H,5,8-13H2,1H3,(H,24,29). The molecule has 0 bridgehead atoms. The molecule has 2 aromatic rings. The number of nitrogens with one attached hydrogen (secondary N) is 1. The molecule has 1 saturated heterocycles. The van der Waals surface area contributed by atoms with E-state index in [4.69, 9.17) is 0 Å². The maximum absolute atomic E-state index is 13.9. The van der Waals surface area contributed by atoms with Crippen molar-refractivity contribution in [2.75, 3.05) is 37.6 Å². The lowest BCUT2D eigenvalue weighted by atomic mass is 10.1. The number of nitrogens with zero attached hydrogens (tertiary/aromatic N) is 3. The number of nitro benzene ring substituents is 1. The Balaban J connectivity index is 1.42. The average Bonchev–Trinajstić information content (AvgIpc) is 2.78. The van der Waals surface area contributed by atoms with Crippen LogP contribution in [0.2, 0.25) is 0 Å². The molecule has 3 rings (SSSR count). The first-order valence-electron chi connectivity index (χ1n) is 10.2. The lowest BCUT2D eigenvalue weighted by Gasteiger charge is -2.36. The fourth-order valence-electron chi connectivity index (χ4n) is 3.54. The van der Waals surface area contributed by atoms with Crippen LogP contribution in [0.1, 0.15) is 28.8 Å². The van der Waals surface area contributed by atoms with E-state index in [9.17, 15) is 24.1 Å². The van der Waals surface area contributed by atoms with Gasteiger partial charge < -0.3 is 15.1 Å². The summed E-state index contributed by atoms with van der Waals surface area (Å²) >= 11 is 0. The highest BCUT2D eigenvalue weighted by Gasteiger charge is 2.22. The zero-order chi connectivity index (χ0) is 22.4. The number of halogens is 1. The quantitative estimate of drug-likeness (QED) is 0.416. The molecule has 0 radical (unpaired) electrons. The highest BCUT2D eigenvalue weighted by atomic mass is 19.1. The smallest absolute Gasteiger partial charge is 0.276 e. The Hall–Kier alpha value is -3.49. The minimum Gasteiger partial charge on any atom is -0.368 e. The van der Waals surface area contributed by atoms with E-state index < -0.39 is 22.3 Å². The minimum atomic E-state index is -0.802. The van der Waals surface area contributed by atoms with Gasteiger partial charge in [0, 0.05) is 56.5 Å². The summed E-state index contributed by atoms with van der Waals surface area (Å²) in [6.07, 6.45) is 0.716. The lowest BCUT2D eigenvalue weighted by Crippen LogP contribution is -2.48. The Morgan fingerprint density at radius 3 is 2.45 bits per heavy atom. The van der Waals surface area contributed by atoms with Crippen LogP contribution in [0.3, 0.4) is 0 Å². The van der Waals surface area contributed by atoms with Gasteiger partial charge in [-0.15, -0.1) is 0 Å². The second-order valence-corrected chi connectivity index (χ2v) is 7.42. The molecule has 1 heterocycles. The van der Waals surface area contributed by atoms with Gasteiger partial charge in [-0.25, -0.2) is 4.39 Å². The molecule has 164 valence electrons. The summed E-state index contributed by atoms with van der Waals surface area (Å²) in [7, 11) is 0. The predicted molar refractivity (Wildman–Crippen MR) is 115 cm³/mol. The summed E-state index contributed by atoms with van der Waals surface area (Å²) in [6.45, 7) is 4.34. The van der Waals surface area contributed by atoms with Crippen LogP contribution in [0.4, 0.5) is 15.8 Å². The van der Waals surface area contributed by atoms with Crippen molar-refractivity contribution in [2.45, 2.75) is 19.8 Å². The Labute approximate surface area is 179 Å². The van der Waals surface area contributed by atoms with Gasteiger partial charge in [0.05, 0.1) is 10.5 Å². The first kappa shape index (κ1) is 22.2. The highest BCUT2D eigenvalue weighted by molar-refractivity contribution is 5.95. The van der Waals surface area contributed by atoms with Crippen molar-refractivity contribution in [3.8, 4) is 0 Å². The summed E-state index contributed by atoms with van der Waals surface area (Å²) in [4.78, 5) is 39.0. The van der Waals surface area contributed by atoms with Crippen molar-refractivity contribution in [3.63, 3.8) is 0 Å². The molecule has 0 unspecified atom stereocenters. The third kappa shape index (κ3) is 5.56. The second-order valence-electron chi connectivity index (χ2n) is 7.42. The third-order valence-electron chi connectivity index (χ3n) is 5.38. The van der Waals surface area contributed by atoms with Crippen molar-refractivity contribution >= 4 is 23.2 Å². The van der Waals surface area contributed by atoms with Gasteiger partial charge in [0.25, 0.3) is 11.6 Å². The van der Waals surface area contributed by atoms with E-state index in [1.54, 1.807) is 0 Å². The Morgan fingerprint density at radius 1 is 1.13 bits per heavy atom. The molecule has 2 amide bonds. The van der Waals surface area contributed by atoms with Crippen LogP contribution in [0.25, 0.3) is 0 Å². The van der Waals surface area contributed by atoms with E-state index >= 15 is 0 Å². The van der Waals surface area contributed by atoms with Crippen molar-refractivity contribution in [2.24, 2.45) is 0 Å². The molecular weight excluding hydrogens is 403 g/mol. The highest BCUT2D eigenvalue weighted by Crippen LogP contribution is 2.22. The lowest BCUT2D eigenvalue weighted by molar-refractivity contribution is -0.385. The summed E-state index contributed by atoms with van der Waals surface area (Å²) in [5.41, 5.74) is 0.484. The van der Waals surface area contributed by atoms with Crippen LogP contribution in [-0.4, -0.2) is 54.4 Å². The SMILES string of the molecule is Cc1c(F)cc(C(=O)NCCCC(=O)N2CCN(c3ccccc3)CC2)cc1[N+](=O)[O-]. The molecule has 8 nitrogen and oxygen atoms in total. The molecule has 0 atom stereocenters. The zero-order valence-electron chi connectivity index (χ0n) is 17.3. The first-order valence-corrected chi connectivity index (χ1v) is 10.2. The molecule has 2 aromatic carbocycles. The number of hydrogen-bond acceptors (Lipinski definition) is 5. The molecular formula is C22H25FN4O4. The molecule has 9 heteroatoms. The third-order valence-corrected chi connectivity index (χ3v) is 5.38. The molecule has 1 aliphatic heterocycles. The number of carbonyl (C=O) groups excluding carboxylic acids is 2. The zero-order valence-corrected chi connectivity index (χ0v) is 17.3. The van der Waals surface area contributed by atoms with Crippen molar-refractivity contribution < 1.29 is 18.9 Å². The Morgan fingerprint density at radius 2 is 1.81 bits per heavy atom. The number of amides is 2. The van der Waals surface area contributed by atoms with Gasteiger partial charge in [0.15, 0.2) is 0 Å². The number of benzene rings is 2. The second kappa shape index (κ2) is 10.0. The van der Waals surface area contributed by atoms with E-state index in [2.05, 4.69) is 22.3 Å². The van der Waals surface area contributed by atoms with E-state index in [1.807, 2.05) is 23.1 Å².